The zero-order valence-corrected chi connectivity index (χ0v) is 13.0. The topological polar surface area (TPSA) is 114 Å². The average molecular weight is 248 g/mol. The Morgan fingerprint density at radius 1 is 0.769 bits per heavy atom. The van der Waals surface area contributed by atoms with Gasteiger partial charge < -0.3 is 9.11 Å². The van der Waals surface area contributed by atoms with E-state index < -0.39 is 38.2 Å². The summed E-state index contributed by atoms with van der Waals surface area (Å²) in [5.74, 6) is -1.62. The molecule has 0 radical (unpaired) electrons. The first kappa shape index (κ1) is 20.3. The van der Waals surface area contributed by atoms with Crippen molar-refractivity contribution in [2.75, 3.05) is 11.5 Å². The number of hydrogen-bond donors (Lipinski definition) is 0. The van der Waals surface area contributed by atoms with Gasteiger partial charge in [-0.2, -0.15) is 0 Å². The van der Waals surface area contributed by atoms with Crippen LogP contribution in [0, 0.1) is 0 Å². The summed E-state index contributed by atoms with van der Waals surface area (Å²) in [5, 5.41) is 0. The fourth-order valence-electron chi connectivity index (χ4n) is 0.412. The predicted octanol–water partition coefficient (Wildman–Crippen LogP) is -7.53. The summed E-state index contributed by atoms with van der Waals surface area (Å²) in [6.45, 7) is 0. The third-order valence-electron chi connectivity index (χ3n) is 0.789. The fourth-order valence-corrected chi connectivity index (χ4v) is 1.59. The molecule has 0 aliphatic rings. The van der Waals surface area contributed by atoms with Gasteiger partial charge in [0.05, 0.1) is 20.2 Å². The van der Waals surface area contributed by atoms with Crippen molar-refractivity contribution in [3.63, 3.8) is 0 Å². The third kappa shape index (κ3) is 20.0. The van der Waals surface area contributed by atoms with Crippen LogP contribution >= 0.6 is 0 Å². The molecule has 0 atom stereocenters. The molecule has 0 unspecified atom stereocenters. The third-order valence-corrected chi connectivity index (χ3v) is 2.37. The molecule has 0 N–H and O–H groups in total. The first-order valence-corrected chi connectivity index (χ1v) is 5.73. The van der Waals surface area contributed by atoms with E-state index in [2.05, 4.69) is 0 Å². The number of rotatable bonds is 4. The van der Waals surface area contributed by atoms with E-state index in [1.54, 1.807) is 0 Å². The molecule has 0 spiro atoms. The van der Waals surface area contributed by atoms with E-state index >= 15 is 0 Å². The van der Waals surface area contributed by atoms with Gasteiger partial charge in [-0.25, -0.2) is 16.8 Å². The van der Waals surface area contributed by atoms with Crippen LogP contribution < -0.4 is 59.1 Å². The van der Waals surface area contributed by atoms with E-state index in [0.717, 1.165) is 0 Å². The SMILES string of the molecule is O=S(=O)([O-])CCCS(=O)(=O)[O-].[Na+].[Na+]. The van der Waals surface area contributed by atoms with E-state index in [-0.39, 0.29) is 59.1 Å². The van der Waals surface area contributed by atoms with Crippen LogP contribution in [0.3, 0.4) is 0 Å². The molecule has 0 aromatic rings. The minimum atomic E-state index is -4.40. The second kappa shape index (κ2) is 8.03. The number of hydrogen-bond acceptors (Lipinski definition) is 6. The summed E-state index contributed by atoms with van der Waals surface area (Å²) in [6.07, 6.45) is -0.433. The second-order valence-electron chi connectivity index (χ2n) is 1.88. The van der Waals surface area contributed by atoms with Crippen molar-refractivity contribution in [2.45, 2.75) is 6.42 Å². The Morgan fingerprint density at radius 3 is 1.15 bits per heavy atom. The molecule has 0 aromatic carbocycles. The summed E-state index contributed by atoms with van der Waals surface area (Å²) >= 11 is 0. The van der Waals surface area contributed by atoms with Crippen LogP contribution in [0.4, 0.5) is 0 Å². The molecule has 0 rings (SSSR count). The molecule has 0 fully saturated rings. The summed E-state index contributed by atoms with van der Waals surface area (Å²) in [6, 6.07) is 0. The standard InChI is InChI=1S/C3H8O6S2.2Na/c4-10(5,6)2-1-3-11(7,8)9;;/h1-3H2,(H,4,5,6)(H,7,8,9);;/q;2*+1/p-2. The van der Waals surface area contributed by atoms with Crippen LogP contribution in [0.25, 0.3) is 0 Å². The minimum absolute atomic E-state index is 0. The van der Waals surface area contributed by atoms with Crippen molar-refractivity contribution >= 4 is 20.2 Å². The molecule has 0 saturated heterocycles. The van der Waals surface area contributed by atoms with Gasteiger partial charge in [-0.05, 0) is 6.42 Å². The molecule has 0 heterocycles. The molecule has 0 aromatic heterocycles. The zero-order valence-electron chi connectivity index (χ0n) is 7.39. The van der Waals surface area contributed by atoms with Crippen molar-refractivity contribution in [1.82, 2.24) is 0 Å². The van der Waals surface area contributed by atoms with Crippen molar-refractivity contribution in [2.24, 2.45) is 0 Å². The van der Waals surface area contributed by atoms with E-state index in [1.807, 2.05) is 0 Å². The predicted molar refractivity (Wildman–Crippen MR) is 33.7 cm³/mol. The Labute approximate surface area is 122 Å². The Hall–Kier alpha value is 1.82. The van der Waals surface area contributed by atoms with Crippen LogP contribution in [0.1, 0.15) is 6.42 Å². The molecule has 0 aliphatic heterocycles. The Bertz CT molecular complexity index is 273. The molecule has 10 heteroatoms. The largest absolute Gasteiger partial charge is 1.00 e. The van der Waals surface area contributed by atoms with Crippen molar-refractivity contribution < 1.29 is 85.1 Å². The average Bonchev–Trinajstić information content (AvgIpc) is 1.55. The maximum Gasteiger partial charge on any atom is 1.00 e. The Morgan fingerprint density at radius 2 is 1.00 bits per heavy atom. The van der Waals surface area contributed by atoms with E-state index in [1.165, 1.54) is 0 Å². The smallest absolute Gasteiger partial charge is 0.748 e. The van der Waals surface area contributed by atoms with Crippen molar-refractivity contribution in [3.8, 4) is 0 Å². The second-order valence-corrected chi connectivity index (χ2v) is 4.92. The first-order chi connectivity index (χ1) is 4.71. The van der Waals surface area contributed by atoms with Gasteiger partial charge in [0.2, 0.25) is 0 Å². The van der Waals surface area contributed by atoms with E-state index in [0.29, 0.717) is 0 Å². The van der Waals surface area contributed by atoms with E-state index in [4.69, 9.17) is 0 Å². The summed E-state index contributed by atoms with van der Waals surface area (Å²) in [5.41, 5.74) is 0. The first-order valence-electron chi connectivity index (χ1n) is 2.58. The molecule has 0 amide bonds. The maximum atomic E-state index is 9.86. The van der Waals surface area contributed by atoms with Gasteiger partial charge in [0.25, 0.3) is 0 Å². The maximum absolute atomic E-state index is 9.86. The Kier molecular flexibility index (Phi) is 12.5. The van der Waals surface area contributed by atoms with Gasteiger partial charge in [0, 0.05) is 11.5 Å². The van der Waals surface area contributed by atoms with Gasteiger partial charge in [-0.15, -0.1) is 0 Å². The van der Waals surface area contributed by atoms with Crippen LogP contribution in [-0.4, -0.2) is 37.4 Å². The van der Waals surface area contributed by atoms with Crippen molar-refractivity contribution in [3.05, 3.63) is 0 Å². The molecule has 0 bridgehead atoms. The Balaban J connectivity index is -0.000000500. The molecule has 6 nitrogen and oxygen atoms in total. The van der Waals surface area contributed by atoms with Gasteiger partial charge >= 0.3 is 59.1 Å². The van der Waals surface area contributed by atoms with E-state index in [9.17, 15) is 25.9 Å². The molecule has 0 aliphatic carbocycles. The molecular weight excluding hydrogens is 242 g/mol. The molecule has 13 heavy (non-hydrogen) atoms. The molecule has 68 valence electrons. The monoisotopic (exact) mass is 248 g/mol. The minimum Gasteiger partial charge on any atom is -0.748 e. The molecular formula is C3H6Na2O6S2. The van der Waals surface area contributed by atoms with Crippen molar-refractivity contribution in [1.29, 1.82) is 0 Å². The normalized spacial score (nSPS) is 11.2. The van der Waals surface area contributed by atoms with Gasteiger partial charge in [0.15, 0.2) is 0 Å². The van der Waals surface area contributed by atoms with Crippen LogP contribution in [0.15, 0.2) is 0 Å². The van der Waals surface area contributed by atoms with Crippen LogP contribution in [-0.2, 0) is 20.2 Å². The fraction of sp³-hybridized carbons (Fsp3) is 1.00. The quantitative estimate of drug-likeness (QED) is 0.360. The van der Waals surface area contributed by atoms with Crippen LogP contribution in [0.5, 0.6) is 0 Å². The van der Waals surface area contributed by atoms with Gasteiger partial charge in [-0.1, -0.05) is 0 Å². The van der Waals surface area contributed by atoms with Gasteiger partial charge in [0.1, 0.15) is 0 Å². The van der Waals surface area contributed by atoms with Gasteiger partial charge in [-0.3, -0.25) is 0 Å². The summed E-state index contributed by atoms with van der Waals surface area (Å²) in [7, 11) is -8.80. The van der Waals surface area contributed by atoms with Crippen LogP contribution in [0.2, 0.25) is 0 Å². The molecule has 0 saturated carbocycles. The summed E-state index contributed by atoms with van der Waals surface area (Å²) < 4.78 is 59.2. The summed E-state index contributed by atoms with van der Waals surface area (Å²) in [4.78, 5) is 0. The zero-order chi connectivity index (χ0) is 9.12.